The van der Waals surface area contributed by atoms with E-state index in [4.69, 9.17) is 4.74 Å². The first-order valence-corrected chi connectivity index (χ1v) is 14.2. The number of carboxylic acid groups (broad SMARTS) is 1. The van der Waals surface area contributed by atoms with Crippen LogP contribution >= 0.6 is 0 Å². The SMILES string of the molecule is CC1(C)CCC(c2cccc3c(CCCOc4cccc5ccccc45)c(C(=O)O)[nH]c23)=C(c2ccccc2)C1. The zero-order valence-corrected chi connectivity index (χ0v) is 23.2. The van der Waals surface area contributed by atoms with E-state index in [0.717, 1.165) is 57.8 Å². The van der Waals surface area contributed by atoms with Gasteiger partial charge < -0.3 is 14.8 Å². The van der Waals surface area contributed by atoms with Gasteiger partial charge >= 0.3 is 5.97 Å². The molecule has 1 heterocycles. The van der Waals surface area contributed by atoms with Crippen molar-refractivity contribution in [3.05, 3.63) is 113 Å². The minimum absolute atomic E-state index is 0.222. The number of carbonyl (C=O) groups is 1. The van der Waals surface area contributed by atoms with E-state index in [-0.39, 0.29) is 11.1 Å². The molecule has 4 aromatic carbocycles. The number of allylic oxidation sites excluding steroid dienone is 2. The predicted octanol–water partition coefficient (Wildman–Crippen LogP) is 9.15. The molecule has 0 bridgehead atoms. The number of benzene rings is 4. The van der Waals surface area contributed by atoms with Gasteiger partial charge in [-0.2, -0.15) is 0 Å². The number of nitrogens with one attached hydrogen (secondary N) is 1. The van der Waals surface area contributed by atoms with Crippen LogP contribution in [0.2, 0.25) is 0 Å². The second-order valence-corrected chi connectivity index (χ2v) is 11.6. The minimum atomic E-state index is -0.922. The highest BCUT2D eigenvalue weighted by Gasteiger charge is 2.30. The van der Waals surface area contributed by atoms with Gasteiger partial charge in [-0.15, -0.1) is 0 Å². The summed E-state index contributed by atoms with van der Waals surface area (Å²) in [6.45, 7) is 5.18. The van der Waals surface area contributed by atoms with Gasteiger partial charge in [-0.05, 0) is 71.2 Å². The van der Waals surface area contributed by atoms with E-state index >= 15 is 0 Å². The second-order valence-electron chi connectivity index (χ2n) is 11.6. The summed E-state index contributed by atoms with van der Waals surface area (Å²) in [6, 6.07) is 31.2. The molecule has 6 rings (SSSR count). The molecule has 2 N–H and O–H groups in total. The summed E-state index contributed by atoms with van der Waals surface area (Å²) in [6.07, 6.45) is 4.39. The zero-order valence-electron chi connectivity index (χ0n) is 23.2. The van der Waals surface area contributed by atoms with Crippen molar-refractivity contribution < 1.29 is 14.6 Å². The Morgan fingerprint density at radius 1 is 0.875 bits per heavy atom. The Kier molecular flexibility index (Phi) is 6.93. The van der Waals surface area contributed by atoms with Crippen molar-refractivity contribution in [1.82, 2.24) is 4.98 Å². The van der Waals surface area contributed by atoms with Crippen LogP contribution in [-0.2, 0) is 6.42 Å². The Bertz CT molecular complexity index is 1720. The number of aryl methyl sites for hydroxylation is 1. The van der Waals surface area contributed by atoms with Crippen LogP contribution in [0.5, 0.6) is 5.75 Å². The van der Waals surface area contributed by atoms with E-state index in [9.17, 15) is 9.90 Å². The number of carboxylic acids is 1. The van der Waals surface area contributed by atoms with Gasteiger partial charge in [0, 0.05) is 16.3 Å². The average Bonchev–Trinajstić information content (AvgIpc) is 3.35. The van der Waals surface area contributed by atoms with Crippen molar-refractivity contribution >= 4 is 38.8 Å². The molecular formula is C36H35NO3. The van der Waals surface area contributed by atoms with Crippen molar-refractivity contribution in [3.63, 3.8) is 0 Å². The number of H-pyrrole nitrogens is 1. The van der Waals surface area contributed by atoms with Crippen LogP contribution in [0.15, 0.2) is 91.0 Å². The van der Waals surface area contributed by atoms with Crippen LogP contribution in [0.25, 0.3) is 32.8 Å². The van der Waals surface area contributed by atoms with Crippen LogP contribution < -0.4 is 4.74 Å². The summed E-state index contributed by atoms with van der Waals surface area (Å²) >= 11 is 0. The van der Waals surface area contributed by atoms with Gasteiger partial charge in [-0.25, -0.2) is 4.79 Å². The fourth-order valence-corrected chi connectivity index (χ4v) is 6.22. The highest BCUT2D eigenvalue weighted by atomic mass is 16.5. The Balaban J connectivity index is 1.33. The molecule has 0 aliphatic heterocycles. The van der Waals surface area contributed by atoms with Crippen LogP contribution in [0.3, 0.4) is 0 Å². The highest BCUT2D eigenvalue weighted by Crippen LogP contribution is 2.47. The first kappa shape index (κ1) is 25.9. The number of ether oxygens (including phenoxy) is 1. The number of hydrogen-bond donors (Lipinski definition) is 2. The molecule has 40 heavy (non-hydrogen) atoms. The molecule has 1 aliphatic carbocycles. The lowest BCUT2D eigenvalue weighted by atomic mass is 9.71. The summed E-state index contributed by atoms with van der Waals surface area (Å²) in [5.41, 5.74) is 7.33. The summed E-state index contributed by atoms with van der Waals surface area (Å²) in [5.74, 6) is -0.0625. The molecular weight excluding hydrogens is 494 g/mol. The number of fused-ring (bicyclic) bond motifs is 2. The molecule has 0 amide bonds. The lowest BCUT2D eigenvalue weighted by molar-refractivity contribution is 0.0690. The maximum atomic E-state index is 12.4. The average molecular weight is 530 g/mol. The number of aromatic nitrogens is 1. The van der Waals surface area contributed by atoms with Crippen molar-refractivity contribution in [2.45, 2.75) is 46.0 Å². The Hall–Kier alpha value is -4.31. The normalized spacial score (nSPS) is 15.1. The van der Waals surface area contributed by atoms with Gasteiger partial charge in [0.1, 0.15) is 11.4 Å². The van der Waals surface area contributed by atoms with E-state index in [2.05, 4.69) is 85.6 Å². The summed E-state index contributed by atoms with van der Waals surface area (Å²) in [5, 5.41) is 13.4. The Labute approximate surface area is 235 Å². The highest BCUT2D eigenvalue weighted by molar-refractivity contribution is 6.05. The number of para-hydroxylation sites is 1. The quantitative estimate of drug-likeness (QED) is 0.197. The van der Waals surface area contributed by atoms with E-state index in [1.165, 1.54) is 16.7 Å². The lowest BCUT2D eigenvalue weighted by Gasteiger charge is -2.34. The van der Waals surface area contributed by atoms with Gasteiger partial charge in [0.15, 0.2) is 0 Å². The van der Waals surface area contributed by atoms with Gasteiger partial charge in [0.2, 0.25) is 0 Å². The second kappa shape index (κ2) is 10.7. The van der Waals surface area contributed by atoms with E-state index in [0.29, 0.717) is 19.4 Å². The Morgan fingerprint density at radius 3 is 2.42 bits per heavy atom. The Morgan fingerprint density at radius 2 is 1.60 bits per heavy atom. The molecule has 0 radical (unpaired) electrons. The van der Waals surface area contributed by atoms with Crippen molar-refractivity contribution in [2.75, 3.05) is 6.61 Å². The van der Waals surface area contributed by atoms with E-state index in [1.54, 1.807) is 0 Å². The topological polar surface area (TPSA) is 62.3 Å². The molecule has 0 spiro atoms. The predicted molar refractivity (Wildman–Crippen MR) is 164 cm³/mol. The molecule has 0 saturated heterocycles. The molecule has 0 atom stereocenters. The summed E-state index contributed by atoms with van der Waals surface area (Å²) in [7, 11) is 0. The molecule has 1 aliphatic rings. The number of hydrogen-bond acceptors (Lipinski definition) is 2. The van der Waals surface area contributed by atoms with Crippen LogP contribution in [0.1, 0.15) is 66.7 Å². The smallest absolute Gasteiger partial charge is 0.352 e. The van der Waals surface area contributed by atoms with Gasteiger partial charge in [0.25, 0.3) is 0 Å². The molecule has 0 saturated carbocycles. The molecule has 0 fully saturated rings. The monoisotopic (exact) mass is 529 g/mol. The third-order valence-electron chi connectivity index (χ3n) is 8.25. The van der Waals surface area contributed by atoms with Crippen LogP contribution in [0, 0.1) is 5.41 Å². The number of aromatic amines is 1. The maximum Gasteiger partial charge on any atom is 0.352 e. The third kappa shape index (κ3) is 5.02. The first-order valence-electron chi connectivity index (χ1n) is 14.2. The molecule has 202 valence electrons. The standard InChI is InChI=1S/C36H35NO3/c1-36(2)21-20-27(31(23-36)25-11-4-3-5-12-25)28-16-9-17-29-30(34(35(38)39)37-33(28)29)18-10-22-40-32-19-8-14-24-13-6-7-15-26(24)32/h3-9,11-17,19,37H,10,18,20-23H2,1-2H3,(H,38,39). The third-order valence-corrected chi connectivity index (χ3v) is 8.25. The van der Waals surface area contributed by atoms with Crippen molar-refractivity contribution in [2.24, 2.45) is 5.41 Å². The van der Waals surface area contributed by atoms with Crippen molar-refractivity contribution in [1.29, 1.82) is 0 Å². The zero-order chi connectivity index (χ0) is 27.7. The van der Waals surface area contributed by atoms with Crippen molar-refractivity contribution in [3.8, 4) is 5.75 Å². The van der Waals surface area contributed by atoms with E-state index < -0.39 is 5.97 Å². The maximum absolute atomic E-state index is 12.4. The first-order chi connectivity index (χ1) is 19.4. The lowest BCUT2D eigenvalue weighted by Crippen LogP contribution is -2.17. The minimum Gasteiger partial charge on any atom is -0.493 e. The molecule has 4 heteroatoms. The molecule has 5 aromatic rings. The summed E-state index contributed by atoms with van der Waals surface area (Å²) < 4.78 is 6.17. The summed E-state index contributed by atoms with van der Waals surface area (Å²) in [4.78, 5) is 15.7. The fourth-order valence-electron chi connectivity index (χ4n) is 6.22. The molecule has 4 nitrogen and oxygen atoms in total. The van der Waals surface area contributed by atoms with Gasteiger partial charge in [-0.1, -0.05) is 98.8 Å². The molecule has 0 unspecified atom stereocenters. The largest absolute Gasteiger partial charge is 0.493 e. The number of aromatic carboxylic acids is 1. The fraction of sp³-hybridized carbons (Fsp3) is 0.250. The van der Waals surface area contributed by atoms with Gasteiger partial charge in [0.05, 0.1) is 12.1 Å². The van der Waals surface area contributed by atoms with E-state index in [1.807, 2.05) is 24.3 Å². The van der Waals surface area contributed by atoms with Gasteiger partial charge in [-0.3, -0.25) is 0 Å². The molecule has 1 aromatic heterocycles. The number of rotatable bonds is 8. The van der Waals surface area contributed by atoms with Crippen LogP contribution in [0.4, 0.5) is 0 Å². The van der Waals surface area contributed by atoms with Crippen LogP contribution in [-0.4, -0.2) is 22.7 Å².